The molecule has 2 heterocycles. The molecule has 1 aromatic rings. The van der Waals surface area contributed by atoms with Crippen molar-refractivity contribution in [2.45, 2.75) is 25.6 Å². The van der Waals surface area contributed by atoms with Gasteiger partial charge >= 0.3 is 0 Å². The number of ketones is 1. The van der Waals surface area contributed by atoms with E-state index in [2.05, 4.69) is 5.16 Å². The van der Waals surface area contributed by atoms with Gasteiger partial charge in [0.2, 0.25) is 0 Å². The lowest BCUT2D eigenvalue weighted by Crippen LogP contribution is -2.28. The smallest absolute Gasteiger partial charge is 0.299 e. The molecule has 0 spiro atoms. The largest absolute Gasteiger partial charge is 0.469 e. The first-order valence-corrected chi connectivity index (χ1v) is 7.09. The zero-order chi connectivity index (χ0) is 14.5. The van der Waals surface area contributed by atoms with Crippen LogP contribution in [-0.2, 0) is 14.3 Å². The van der Waals surface area contributed by atoms with Crippen molar-refractivity contribution in [3.05, 3.63) is 29.8 Å². The lowest BCUT2D eigenvalue weighted by Gasteiger charge is -2.24. The molecule has 0 aromatic heterocycles. The van der Waals surface area contributed by atoms with E-state index in [1.807, 2.05) is 6.07 Å². The van der Waals surface area contributed by atoms with Gasteiger partial charge in [-0.05, 0) is 30.1 Å². The second-order valence-corrected chi connectivity index (χ2v) is 4.82. The van der Waals surface area contributed by atoms with Crippen LogP contribution in [-0.4, -0.2) is 37.8 Å². The third-order valence-corrected chi connectivity index (χ3v) is 3.28. The summed E-state index contributed by atoms with van der Waals surface area (Å²) >= 11 is 0. The number of ether oxygens (including phenoxy) is 3. The highest BCUT2D eigenvalue weighted by Crippen LogP contribution is 2.24. The minimum Gasteiger partial charge on any atom is -0.469 e. The molecule has 6 nitrogen and oxygen atoms in total. The number of rotatable bonds is 4. The van der Waals surface area contributed by atoms with Gasteiger partial charge in [0.15, 0.2) is 12.9 Å². The number of nitrogens with zero attached hydrogens (tertiary/aromatic N) is 1. The molecule has 2 aliphatic heterocycles. The Morgan fingerprint density at radius 1 is 1.19 bits per heavy atom. The Labute approximate surface area is 122 Å². The molecule has 1 saturated heterocycles. The van der Waals surface area contributed by atoms with Gasteiger partial charge in [-0.1, -0.05) is 12.1 Å². The molecular formula is C15H17NO5. The molecule has 6 heteroatoms. The van der Waals surface area contributed by atoms with Gasteiger partial charge in [0.1, 0.15) is 12.4 Å². The summed E-state index contributed by atoms with van der Waals surface area (Å²) in [6, 6.07) is 7.01. The Morgan fingerprint density at radius 3 is 2.86 bits per heavy atom. The second kappa shape index (κ2) is 6.58. The molecule has 0 bridgehead atoms. The zero-order valence-corrected chi connectivity index (χ0v) is 11.6. The van der Waals surface area contributed by atoms with Gasteiger partial charge < -0.3 is 19.0 Å². The Bertz CT molecular complexity index is 537. The number of Topliss-reactive ketones (excluding diaryl/α,β-unsaturated/α-hetero) is 1. The molecule has 21 heavy (non-hydrogen) atoms. The van der Waals surface area contributed by atoms with Gasteiger partial charge in [-0.2, -0.15) is 0 Å². The van der Waals surface area contributed by atoms with Crippen molar-refractivity contribution >= 4 is 11.7 Å². The summed E-state index contributed by atoms with van der Waals surface area (Å²) in [6.45, 7) is 1.36. The third kappa shape index (κ3) is 3.33. The Hall–Kier alpha value is -2.08. The number of hydrogen-bond acceptors (Lipinski definition) is 6. The fourth-order valence-corrected chi connectivity index (χ4v) is 2.23. The quantitative estimate of drug-likeness (QED) is 0.795. The van der Waals surface area contributed by atoms with Crippen molar-refractivity contribution in [1.29, 1.82) is 0 Å². The molecule has 112 valence electrons. The first-order valence-electron chi connectivity index (χ1n) is 7.09. The van der Waals surface area contributed by atoms with Crippen molar-refractivity contribution < 1.29 is 23.8 Å². The molecule has 3 rings (SSSR count). The number of carbonyl (C=O) groups excluding carboxylic acids is 1. The highest BCUT2D eigenvalue weighted by molar-refractivity contribution is 6.43. The number of benzene rings is 1. The lowest BCUT2D eigenvalue weighted by atomic mass is 10.1. The van der Waals surface area contributed by atoms with E-state index in [4.69, 9.17) is 19.0 Å². The van der Waals surface area contributed by atoms with Crippen LogP contribution in [0.3, 0.4) is 0 Å². The van der Waals surface area contributed by atoms with Gasteiger partial charge in [-0.3, -0.25) is 4.79 Å². The number of hydrogen-bond donors (Lipinski definition) is 0. The maximum atomic E-state index is 12.4. The maximum Gasteiger partial charge on any atom is 0.299 e. The van der Waals surface area contributed by atoms with E-state index in [0.29, 0.717) is 31.1 Å². The average molecular weight is 291 g/mol. The summed E-state index contributed by atoms with van der Waals surface area (Å²) in [5.74, 6) is 0.0919. The van der Waals surface area contributed by atoms with Gasteiger partial charge in [0.05, 0.1) is 12.2 Å². The van der Waals surface area contributed by atoms with Gasteiger partial charge in [-0.15, -0.1) is 0 Å². The topological polar surface area (TPSA) is 66.4 Å². The zero-order valence-electron chi connectivity index (χ0n) is 11.6. The van der Waals surface area contributed by atoms with Crippen molar-refractivity contribution in [1.82, 2.24) is 0 Å². The van der Waals surface area contributed by atoms with E-state index >= 15 is 0 Å². The first kappa shape index (κ1) is 13.9. The van der Waals surface area contributed by atoms with Crippen LogP contribution in [0.1, 0.15) is 29.6 Å². The molecule has 1 atom stereocenters. The SMILES string of the molecule is O=C(C1=NOCCO1)c1ccccc1OC1CCCCO1. The van der Waals surface area contributed by atoms with Crippen molar-refractivity contribution in [2.24, 2.45) is 5.16 Å². The maximum absolute atomic E-state index is 12.4. The molecule has 0 radical (unpaired) electrons. The lowest BCUT2D eigenvalue weighted by molar-refractivity contribution is -0.106. The molecule has 0 amide bonds. The van der Waals surface area contributed by atoms with Crippen LogP contribution < -0.4 is 4.74 Å². The van der Waals surface area contributed by atoms with Crippen LogP contribution in [0, 0.1) is 0 Å². The highest BCUT2D eigenvalue weighted by Gasteiger charge is 2.24. The number of para-hydroxylation sites is 1. The number of oxime groups is 1. The van der Waals surface area contributed by atoms with Crippen LogP contribution >= 0.6 is 0 Å². The third-order valence-electron chi connectivity index (χ3n) is 3.28. The average Bonchev–Trinajstić information content (AvgIpc) is 2.56. The summed E-state index contributed by atoms with van der Waals surface area (Å²) in [5.41, 5.74) is 0.399. The van der Waals surface area contributed by atoms with E-state index in [9.17, 15) is 4.79 Å². The van der Waals surface area contributed by atoms with Crippen molar-refractivity contribution in [3.63, 3.8) is 0 Å². The van der Waals surface area contributed by atoms with E-state index in [-0.39, 0.29) is 18.0 Å². The fourth-order valence-electron chi connectivity index (χ4n) is 2.23. The van der Waals surface area contributed by atoms with Gasteiger partial charge in [0.25, 0.3) is 11.7 Å². The number of carbonyl (C=O) groups is 1. The fraction of sp³-hybridized carbons (Fsp3) is 0.467. The van der Waals surface area contributed by atoms with E-state index < -0.39 is 0 Å². The minimum absolute atomic E-state index is 0.0399. The summed E-state index contributed by atoms with van der Waals surface area (Å²) in [7, 11) is 0. The highest BCUT2D eigenvalue weighted by atomic mass is 16.7. The van der Waals surface area contributed by atoms with Crippen LogP contribution in [0.2, 0.25) is 0 Å². The van der Waals surface area contributed by atoms with Crippen LogP contribution in [0.15, 0.2) is 29.4 Å². The molecule has 1 fully saturated rings. The Kier molecular flexibility index (Phi) is 4.35. The van der Waals surface area contributed by atoms with Crippen LogP contribution in [0.4, 0.5) is 0 Å². The monoisotopic (exact) mass is 291 g/mol. The molecule has 1 unspecified atom stereocenters. The van der Waals surface area contributed by atoms with Gasteiger partial charge in [-0.25, -0.2) is 0 Å². The summed E-state index contributed by atoms with van der Waals surface area (Å²) in [5, 5.41) is 3.65. The van der Waals surface area contributed by atoms with E-state index in [1.54, 1.807) is 18.2 Å². The molecule has 0 aliphatic carbocycles. The van der Waals surface area contributed by atoms with Crippen molar-refractivity contribution in [3.8, 4) is 5.75 Å². The first-order chi connectivity index (χ1) is 10.3. The van der Waals surface area contributed by atoms with Crippen LogP contribution in [0.5, 0.6) is 5.75 Å². The van der Waals surface area contributed by atoms with Gasteiger partial charge in [0, 0.05) is 6.42 Å². The summed E-state index contributed by atoms with van der Waals surface area (Å²) in [6.07, 6.45) is 2.62. The van der Waals surface area contributed by atoms with E-state index in [0.717, 1.165) is 19.3 Å². The molecule has 0 saturated carbocycles. The van der Waals surface area contributed by atoms with Crippen LogP contribution in [0.25, 0.3) is 0 Å². The molecule has 2 aliphatic rings. The standard InChI is InChI=1S/C15H17NO5/c17-14(15-16-20-10-9-19-15)11-5-1-2-6-12(11)21-13-7-3-4-8-18-13/h1-2,5-6,13H,3-4,7-10H2. The second-order valence-electron chi connectivity index (χ2n) is 4.82. The van der Waals surface area contributed by atoms with E-state index in [1.165, 1.54) is 0 Å². The Morgan fingerprint density at radius 2 is 2.10 bits per heavy atom. The minimum atomic E-state index is -0.346. The Balaban J connectivity index is 1.78. The van der Waals surface area contributed by atoms with Crippen molar-refractivity contribution in [2.75, 3.05) is 19.8 Å². The molecule has 0 N–H and O–H groups in total. The predicted octanol–water partition coefficient (Wildman–Crippen LogP) is 2.13. The normalized spacial score (nSPS) is 21.7. The predicted molar refractivity (Wildman–Crippen MR) is 74.3 cm³/mol. The molecular weight excluding hydrogens is 274 g/mol. The summed E-state index contributed by atoms with van der Waals surface area (Å²) in [4.78, 5) is 17.3. The molecule has 1 aromatic carbocycles. The summed E-state index contributed by atoms with van der Waals surface area (Å²) < 4.78 is 16.6.